The maximum Gasteiger partial charge on any atom is 0.269 e. The molecule has 8 heteroatoms. The predicted molar refractivity (Wildman–Crippen MR) is 121 cm³/mol. The topological polar surface area (TPSA) is 99.7 Å². The van der Waals surface area contributed by atoms with E-state index in [4.69, 9.17) is 20.8 Å². The lowest BCUT2D eigenvalue weighted by Crippen LogP contribution is -2.17. The summed E-state index contributed by atoms with van der Waals surface area (Å²) in [6.07, 6.45) is 0. The molecule has 3 aromatic carbocycles. The fourth-order valence-corrected chi connectivity index (χ4v) is 3.34. The smallest absolute Gasteiger partial charge is 0.269 e. The molecule has 0 bridgehead atoms. The number of fused-ring (bicyclic) bond motifs is 1. The van der Waals surface area contributed by atoms with Crippen LogP contribution in [0.1, 0.15) is 15.9 Å². The number of carbonyl (C=O) groups excluding carboxylic acids is 1. The summed E-state index contributed by atoms with van der Waals surface area (Å²) >= 11 is 6.04. The highest BCUT2D eigenvalue weighted by Gasteiger charge is 2.20. The molecule has 0 amide bonds. The summed E-state index contributed by atoms with van der Waals surface area (Å²) < 4.78 is 11.6. The van der Waals surface area contributed by atoms with E-state index in [1.54, 1.807) is 24.3 Å². The first-order valence-corrected chi connectivity index (χ1v) is 9.95. The Morgan fingerprint density at radius 1 is 1.06 bits per heavy atom. The molecule has 7 nitrogen and oxygen atoms in total. The van der Waals surface area contributed by atoms with Crippen molar-refractivity contribution in [2.75, 3.05) is 6.61 Å². The number of nitro benzene ring substituents is 1. The number of halogens is 1. The Kier molecular flexibility index (Phi) is 5.75. The summed E-state index contributed by atoms with van der Waals surface area (Å²) in [6, 6.07) is 17.2. The van der Waals surface area contributed by atoms with E-state index in [1.807, 2.05) is 19.1 Å². The van der Waals surface area contributed by atoms with Gasteiger partial charge in [-0.1, -0.05) is 41.4 Å². The van der Waals surface area contributed by atoms with Crippen LogP contribution in [-0.4, -0.2) is 17.3 Å². The third kappa shape index (κ3) is 4.24. The second-order valence-electron chi connectivity index (χ2n) is 7.11. The van der Waals surface area contributed by atoms with Gasteiger partial charge in [0, 0.05) is 28.3 Å². The zero-order valence-electron chi connectivity index (χ0n) is 16.8. The molecule has 0 atom stereocenters. The Hall–Kier alpha value is -3.97. The van der Waals surface area contributed by atoms with Crippen molar-refractivity contribution in [1.82, 2.24) is 0 Å². The number of rotatable bonds is 6. The number of carbonyl (C=O) groups is 1. The summed E-state index contributed by atoms with van der Waals surface area (Å²) in [5, 5.41) is 11.4. The third-order valence-corrected chi connectivity index (χ3v) is 5.11. The van der Waals surface area contributed by atoms with Gasteiger partial charge in [0.15, 0.2) is 18.2 Å². The Labute approximate surface area is 187 Å². The van der Waals surface area contributed by atoms with E-state index in [9.17, 15) is 19.7 Å². The molecule has 0 aliphatic heterocycles. The van der Waals surface area contributed by atoms with Gasteiger partial charge in [0.25, 0.3) is 5.69 Å². The number of benzene rings is 3. The molecule has 32 heavy (non-hydrogen) atoms. The molecule has 0 spiro atoms. The van der Waals surface area contributed by atoms with E-state index in [0.717, 1.165) is 5.56 Å². The molecule has 0 radical (unpaired) electrons. The van der Waals surface area contributed by atoms with Crippen LogP contribution in [0.3, 0.4) is 0 Å². The van der Waals surface area contributed by atoms with E-state index in [0.29, 0.717) is 16.2 Å². The van der Waals surface area contributed by atoms with Gasteiger partial charge in [0.05, 0.1) is 10.3 Å². The molecule has 0 unspecified atom stereocenters. The minimum absolute atomic E-state index is 0.112. The molecular formula is C24H16ClNO6. The lowest BCUT2D eigenvalue weighted by Gasteiger charge is -2.12. The number of hydrogen-bond acceptors (Lipinski definition) is 6. The molecule has 4 aromatic rings. The first-order chi connectivity index (χ1) is 15.3. The van der Waals surface area contributed by atoms with Gasteiger partial charge < -0.3 is 9.15 Å². The Morgan fingerprint density at radius 2 is 1.75 bits per heavy atom. The third-order valence-electron chi connectivity index (χ3n) is 4.87. The van der Waals surface area contributed by atoms with Crippen molar-refractivity contribution in [2.45, 2.75) is 6.92 Å². The lowest BCUT2D eigenvalue weighted by atomic mass is 10.1. The zero-order chi connectivity index (χ0) is 22.8. The first kappa shape index (κ1) is 21.3. The van der Waals surface area contributed by atoms with Crippen LogP contribution in [0.2, 0.25) is 5.02 Å². The van der Waals surface area contributed by atoms with Crippen LogP contribution >= 0.6 is 11.6 Å². The minimum atomic E-state index is -0.552. The van der Waals surface area contributed by atoms with Crippen LogP contribution < -0.4 is 10.2 Å². The van der Waals surface area contributed by atoms with Crippen molar-refractivity contribution in [3.63, 3.8) is 0 Å². The minimum Gasteiger partial charge on any atom is -0.478 e. The Balaban J connectivity index is 1.72. The number of nitrogens with zero attached hydrogens (tertiary/aromatic N) is 1. The van der Waals surface area contributed by atoms with Crippen molar-refractivity contribution < 1.29 is 18.9 Å². The van der Waals surface area contributed by atoms with E-state index in [2.05, 4.69) is 0 Å². The maximum atomic E-state index is 13.2. The van der Waals surface area contributed by atoms with E-state index >= 15 is 0 Å². The number of ether oxygens (including phenoxy) is 1. The van der Waals surface area contributed by atoms with Crippen LogP contribution in [0, 0.1) is 17.0 Å². The number of hydrogen-bond donors (Lipinski definition) is 0. The molecule has 0 N–H and O–H groups in total. The fourth-order valence-electron chi connectivity index (χ4n) is 3.17. The van der Waals surface area contributed by atoms with Gasteiger partial charge in [0.2, 0.25) is 11.2 Å². The Morgan fingerprint density at radius 3 is 2.41 bits per heavy atom. The number of aryl methyl sites for hydroxylation is 1. The summed E-state index contributed by atoms with van der Waals surface area (Å²) in [4.78, 5) is 36.0. The monoisotopic (exact) mass is 449 g/mol. The van der Waals surface area contributed by atoms with Crippen molar-refractivity contribution in [1.29, 1.82) is 0 Å². The van der Waals surface area contributed by atoms with Crippen molar-refractivity contribution in [3.8, 4) is 17.1 Å². The van der Waals surface area contributed by atoms with Crippen LogP contribution in [-0.2, 0) is 0 Å². The van der Waals surface area contributed by atoms with Gasteiger partial charge >= 0.3 is 0 Å². The van der Waals surface area contributed by atoms with Gasteiger partial charge in [-0.3, -0.25) is 19.7 Å². The Bertz CT molecular complexity index is 1390. The molecule has 4 rings (SSSR count). The van der Waals surface area contributed by atoms with Crippen molar-refractivity contribution in [2.24, 2.45) is 0 Å². The zero-order valence-corrected chi connectivity index (χ0v) is 17.6. The first-order valence-electron chi connectivity index (χ1n) is 9.57. The van der Waals surface area contributed by atoms with Gasteiger partial charge in [-0.2, -0.15) is 0 Å². The molecule has 0 aliphatic rings. The van der Waals surface area contributed by atoms with Crippen LogP contribution in [0.15, 0.2) is 75.9 Å². The largest absolute Gasteiger partial charge is 0.478 e. The van der Waals surface area contributed by atoms with E-state index in [1.165, 1.54) is 30.3 Å². The molecule has 0 fully saturated rings. The van der Waals surface area contributed by atoms with Crippen molar-refractivity contribution >= 4 is 34.0 Å². The van der Waals surface area contributed by atoms with E-state index < -0.39 is 22.7 Å². The number of Topliss-reactive ketones (excluding diaryl/α,β-unsaturated/α-hetero) is 1. The van der Waals surface area contributed by atoms with Crippen LogP contribution in [0.4, 0.5) is 5.69 Å². The lowest BCUT2D eigenvalue weighted by molar-refractivity contribution is -0.384. The highest BCUT2D eigenvalue weighted by Crippen LogP contribution is 2.32. The average molecular weight is 450 g/mol. The molecule has 160 valence electrons. The summed E-state index contributed by atoms with van der Waals surface area (Å²) in [5.74, 6) is -0.361. The van der Waals surface area contributed by atoms with E-state index in [-0.39, 0.29) is 28.1 Å². The molecule has 1 aromatic heterocycles. The molecule has 0 aliphatic carbocycles. The van der Waals surface area contributed by atoms with Gasteiger partial charge in [0.1, 0.15) is 5.58 Å². The second-order valence-corrected chi connectivity index (χ2v) is 7.55. The number of nitro groups is 1. The van der Waals surface area contributed by atoms with Gasteiger partial charge in [-0.15, -0.1) is 0 Å². The second kappa shape index (κ2) is 8.64. The summed E-state index contributed by atoms with van der Waals surface area (Å²) in [5.41, 5.74) is 1.61. The molecule has 1 heterocycles. The SMILES string of the molecule is Cc1ccc(-c2oc3ccc(Cl)cc3c(=O)c2OCC(=O)c2ccc([N+](=O)[O-])cc2)cc1. The molecule has 0 saturated carbocycles. The number of ketones is 1. The summed E-state index contributed by atoms with van der Waals surface area (Å²) in [7, 11) is 0. The van der Waals surface area contributed by atoms with Crippen molar-refractivity contribution in [3.05, 3.63) is 103 Å². The predicted octanol–water partition coefficient (Wildman–Crippen LogP) is 5.59. The molecular weight excluding hydrogens is 434 g/mol. The quantitative estimate of drug-likeness (QED) is 0.216. The summed E-state index contributed by atoms with van der Waals surface area (Å²) in [6.45, 7) is 1.48. The van der Waals surface area contributed by atoms with Gasteiger partial charge in [-0.05, 0) is 37.3 Å². The van der Waals surface area contributed by atoms with Crippen LogP contribution in [0.5, 0.6) is 5.75 Å². The maximum absolute atomic E-state index is 13.2. The van der Waals surface area contributed by atoms with Crippen LogP contribution in [0.25, 0.3) is 22.3 Å². The average Bonchev–Trinajstić information content (AvgIpc) is 2.79. The molecule has 0 saturated heterocycles. The van der Waals surface area contributed by atoms with Gasteiger partial charge in [-0.25, -0.2) is 0 Å². The number of non-ortho nitro benzene ring substituents is 1. The highest BCUT2D eigenvalue weighted by molar-refractivity contribution is 6.31. The fraction of sp³-hybridized carbons (Fsp3) is 0.0833. The highest BCUT2D eigenvalue weighted by atomic mass is 35.5. The standard InChI is InChI=1S/C24H16ClNO6/c1-14-2-4-16(5-3-14)23-24(22(28)19-12-17(25)8-11-21(19)32-23)31-13-20(27)15-6-9-18(10-7-15)26(29)30/h2-12H,13H2,1H3. The normalized spacial score (nSPS) is 10.8.